The molecule has 0 saturated carbocycles. The number of fused-ring (bicyclic) bond motifs is 2. The lowest BCUT2D eigenvalue weighted by Gasteiger charge is -2.42. The molecule has 0 atom stereocenters. The topological polar surface area (TPSA) is 6.48 Å². The summed E-state index contributed by atoms with van der Waals surface area (Å²) in [7, 11) is 0. The van der Waals surface area contributed by atoms with E-state index in [4.69, 9.17) is 0 Å². The molecule has 0 N–H and O–H groups in total. The fraction of sp³-hybridized carbons (Fsp3) is 0.0732. The average Bonchev–Trinajstić information content (AvgIpc) is 3.07. The van der Waals surface area contributed by atoms with Gasteiger partial charge in [0.25, 0.3) is 0 Å². The van der Waals surface area contributed by atoms with Crippen LogP contribution in [0.25, 0.3) is 17.2 Å². The van der Waals surface area contributed by atoms with E-state index in [1.54, 1.807) is 0 Å². The van der Waals surface area contributed by atoms with Crippen molar-refractivity contribution in [1.29, 1.82) is 0 Å². The van der Waals surface area contributed by atoms with E-state index >= 15 is 0 Å². The van der Waals surface area contributed by atoms with Gasteiger partial charge in [0.15, 0.2) is 0 Å². The van der Waals surface area contributed by atoms with Crippen molar-refractivity contribution in [2.24, 2.45) is 0 Å². The van der Waals surface area contributed by atoms with Gasteiger partial charge in [0, 0.05) is 28.7 Å². The van der Waals surface area contributed by atoms with Gasteiger partial charge in [-0.3, -0.25) is 0 Å². The number of hydrogen-bond acceptors (Lipinski definition) is 2. The molecule has 0 radical (unpaired) electrons. The highest BCUT2D eigenvalue weighted by molar-refractivity contribution is 5.87. The van der Waals surface area contributed by atoms with E-state index < -0.39 is 0 Å². The average molecular weight is 555 g/mol. The molecule has 0 aromatic heterocycles. The van der Waals surface area contributed by atoms with Crippen molar-refractivity contribution >= 4 is 34.5 Å². The van der Waals surface area contributed by atoms with Crippen molar-refractivity contribution < 1.29 is 0 Å². The van der Waals surface area contributed by atoms with Gasteiger partial charge in [-0.15, -0.1) is 0 Å². The van der Waals surface area contributed by atoms with E-state index in [9.17, 15) is 0 Å². The summed E-state index contributed by atoms with van der Waals surface area (Å²) in [4.78, 5) is 4.62. The number of rotatable bonds is 6. The van der Waals surface area contributed by atoms with Crippen LogP contribution in [0.5, 0.6) is 0 Å². The summed E-state index contributed by atoms with van der Waals surface area (Å²) in [6.07, 6.45) is 4.32. The Balaban J connectivity index is 1.22. The Kier molecular flexibility index (Phi) is 6.89. The zero-order valence-corrected chi connectivity index (χ0v) is 24.6. The van der Waals surface area contributed by atoms with Gasteiger partial charge in [0.05, 0.1) is 11.4 Å². The van der Waals surface area contributed by atoms with E-state index in [1.165, 1.54) is 39.3 Å². The Hall–Kier alpha value is -5.34. The summed E-state index contributed by atoms with van der Waals surface area (Å²) in [5.41, 5.74) is 12.0. The van der Waals surface area contributed by atoms with Gasteiger partial charge >= 0.3 is 0 Å². The van der Waals surface area contributed by atoms with Crippen molar-refractivity contribution in [2.75, 3.05) is 9.80 Å². The van der Waals surface area contributed by atoms with E-state index in [-0.39, 0.29) is 5.41 Å². The van der Waals surface area contributed by atoms with Crippen LogP contribution in [0.3, 0.4) is 0 Å². The Labute approximate surface area is 254 Å². The monoisotopic (exact) mass is 554 g/mol. The summed E-state index contributed by atoms with van der Waals surface area (Å²) in [6, 6.07) is 56.2. The number of anilines is 5. The molecular formula is C41H34N2. The molecule has 1 aliphatic rings. The molecule has 6 aromatic carbocycles. The second-order valence-electron chi connectivity index (χ2n) is 11.5. The summed E-state index contributed by atoms with van der Waals surface area (Å²) < 4.78 is 0. The fourth-order valence-electron chi connectivity index (χ4n) is 6.18. The molecule has 1 heterocycles. The van der Waals surface area contributed by atoms with Gasteiger partial charge in [0.1, 0.15) is 0 Å². The van der Waals surface area contributed by atoms with Gasteiger partial charge in [0.2, 0.25) is 0 Å². The van der Waals surface area contributed by atoms with Gasteiger partial charge in [-0.25, -0.2) is 0 Å². The van der Waals surface area contributed by atoms with Crippen LogP contribution < -0.4 is 9.80 Å². The SMILES string of the molecule is CC1(C)c2ccccc2N(c2ccccc2)c2ccc(-c3ccc(/C=C/N(c4ccccc4)c4ccccc4)cc3)cc21. The van der Waals surface area contributed by atoms with Crippen LogP contribution in [-0.2, 0) is 5.41 Å². The molecule has 0 bridgehead atoms. The Morgan fingerprint density at radius 1 is 0.512 bits per heavy atom. The lowest BCUT2D eigenvalue weighted by atomic mass is 9.73. The predicted molar refractivity (Wildman–Crippen MR) is 183 cm³/mol. The van der Waals surface area contributed by atoms with Crippen LogP contribution in [0.2, 0.25) is 0 Å². The maximum atomic E-state index is 2.40. The molecule has 0 aliphatic carbocycles. The highest BCUT2D eigenvalue weighted by atomic mass is 15.2. The predicted octanol–water partition coefficient (Wildman–Crippen LogP) is 11.3. The van der Waals surface area contributed by atoms with E-state index in [0.29, 0.717) is 0 Å². The summed E-state index contributed by atoms with van der Waals surface area (Å²) in [5, 5.41) is 0. The number of para-hydroxylation sites is 4. The molecule has 43 heavy (non-hydrogen) atoms. The van der Waals surface area contributed by atoms with Crippen molar-refractivity contribution in [1.82, 2.24) is 0 Å². The van der Waals surface area contributed by atoms with E-state index in [1.807, 2.05) is 0 Å². The number of benzene rings is 6. The molecular weight excluding hydrogens is 520 g/mol. The van der Waals surface area contributed by atoms with Gasteiger partial charge in [-0.05, 0) is 88.5 Å². The second-order valence-corrected chi connectivity index (χ2v) is 11.5. The molecule has 0 unspecified atom stereocenters. The molecule has 208 valence electrons. The first-order valence-corrected chi connectivity index (χ1v) is 14.9. The minimum Gasteiger partial charge on any atom is -0.317 e. The highest BCUT2D eigenvalue weighted by Gasteiger charge is 2.36. The number of hydrogen-bond donors (Lipinski definition) is 0. The van der Waals surface area contributed by atoms with Crippen LogP contribution in [0.4, 0.5) is 28.4 Å². The molecule has 0 fully saturated rings. The first-order chi connectivity index (χ1) is 21.1. The molecule has 2 heteroatoms. The van der Waals surface area contributed by atoms with Crippen LogP contribution in [-0.4, -0.2) is 0 Å². The lowest BCUT2D eigenvalue weighted by Crippen LogP contribution is -2.30. The quantitative estimate of drug-likeness (QED) is 0.202. The summed E-state index contributed by atoms with van der Waals surface area (Å²) in [6.45, 7) is 4.69. The second kappa shape index (κ2) is 11.2. The zero-order chi connectivity index (χ0) is 29.2. The van der Waals surface area contributed by atoms with Crippen molar-refractivity contribution in [2.45, 2.75) is 19.3 Å². The first kappa shape index (κ1) is 26.6. The maximum Gasteiger partial charge on any atom is 0.0503 e. The standard InChI is InChI=1S/C41H34N2/c1-41(2)37-20-12-13-21-39(37)43(36-18-10-5-11-19-36)40-27-26-33(30-38(40)41)32-24-22-31(23-25-32)28-29-42(34-14-6-3-7-15-34)35-16-8-4-9-17-35/h3-30H,1-2H3/b29-28+. The van der Waals surface area contributed by atoms with Gasteiger partial charge < -0.3 is 9.80 Å². The largest absolute Gasteiger partial charge is 0.317 e. The third-order valence-electron chi connectivity index (χ3n) is 8.47. The molecule has 6 aromatic rings. The van der Waals surface area contributed by atoms with Crippen LogP contribution in [0, 0.1) is 0 Å². The van der Waals surface area contributed by atoms with Gasteiger partial charge in [-0.1, -0.05) is 117 Å². The summed E-state index contributed by atoms with van der Waals surface area (Å²) in [5.74, 6) is 0. The Bertz CT molecular complexity index is 1830. The van der Waals surface area contributed by atoms with Crippen molar-refractivity contribution in [3.05, 3.63) is 181 Å². The highest BCUT2D eigenvalue weighted by Crippen LogP contribution is 2.52. The molecule has 1 aliphatic heterocycles. The number of nitrogens with zero attached hydrogens (tertiary/aromatic N) is 2. The molecule has 0 saturated heterocycles. The van der Waals surface area contributed by atoms with Gasteiger partial charge in [-0.2, -0.15) is 0 Å². The summed E-state index contributed by atoms with van der Waals surface area (Å²) >= 11 is 0. The zero-order valence-electron chi connectivity index (χ0n) is 24.6. The molecule has 7 rings (SSSR count). The minimum absolute atomic E-state index is 0.131. The van der Waals surface area contributed by atoms with Crippen molar-refractivity contribution in [3.8, 4) is 11.1 Å². The Morgan fingerprint density at radius 3 is 1.70 bits per heavy atom. The van der Waals surface area contributed by atoms with Crippen LogP contribution in [0.1, 0.15) is 30.5 Å². The smallest absolute Gasteiger partial charge is 0.0503 e. The van der Waals surface area contributed by atoms with Crippen molar-refractivity contribution in [3.63, 3.8) is 0 Å². The van der Waals surface area contributed by atoms with Crippen LogP contribution >= 0.6 is 0 Å². The van der Waals surface area contributed by atoms with E-state index in [2.05, 4.69) is 194 Å². The fourth-order valence-corrected chi connectivity index (χ4v) is 6.18. The lowest BCUT2D eigenvalue weighted by molar-refractivity contribution is 0.632. The molecule has 2 nitrogen and oxygen atoms in total. The van der Waals surface area contributed by atoms with E-state index in [0.717, 1.165) is 16.9 Å². The molecule has 0 spiro atoms. The Morgan fingerprint density at radius 2 is 1.05 bits per heavy atom. The van der Waals surface area contributed by atoms with Crippen LogP contribution in [0.15, 0.2) is 164 Å². The first-order valence-electron chi connectivity index (χ1n) is 14.9. The normalized spacial score (nSPS) is 13.4. The third-order valence-corrected chi connectivity index (χ3v) is 8.47. The minimum atomic E-state index is -0.131. The third kappa shape index (κ3) is 5.02. The molecule has 0 amide bonds. The maximum absolute atomic E-state index is 2.40.